The summed E-state index contributed by atoms with van der Waals surface area (Å²) in [6, 6.07) is 7.49. The van der Waals surface area contributed by atoms with Crippen LogP contribution in [0.1, 0.15) is 0 Å². The maximum atomic E-state index is 11.7. The molecule has 3 heterocycles. The van der Waals surface area contributed by atoms with Crippen molar-refractivity contribution >= 4 is 11.8 Å². The van der Waals surface area contributed by atoms with Gasteiger partial charge in [-0.05, 0) is 24.3 Å². The van der Waals surface area contributed by atoms with Crippen molar-refractivity contribution in [2.75, 3.05) is 18.0 Å². The Hall–Kier alpha value is -2.47. The van der Waals surface area contributed by atoms with E-state index in [1.165, 1.54) is 0 Å². The normalized spacial score (nSPS) is 18.1. The molecule has 1 fully saturated rings. The lowest BCUT2D eigenvalue weighted by Crippen LogP contribution is -2.27. The Labute approximate surface area is 116 Å². The molecule has 6 nitrogen and oxygen atoms in total. The first kappa shape index (κ1) is 12.6. The largest absolute Gasteiger partial charge is 0.443 e. The fraction of sp³-hybridized carbons (Fsp3) is 0.214. The quantitative estimate of drug-likeness (QED) is 0.912. The van der Waals surface area contributed by atoms with E-state index in [1.54, 1.807) is 23.5 Å². The smallest absolute Gasteiger partial charge is 0.414 e. The molecule has 0 bridgehead atoms. The van der Waals surface area contributed by atoms with Crippen LogP contribution in [0.4, 0.5) is 10.5 Å². The molecule has 1 aliphatic rings. The van der Waals surface area contributed by atoms with Crippen molar-refractivity contribution in [1.82, 2.24) is 9.97 Å². The maximum Gasteiger partial charge on any atom is 0.414 e. The predicted octanol–water partition coefficient (Wildman–Crippen LogP) is 1.43. The lowest BCUT2D eigenvalue weighted by Gasteiger charge is -2.12. The van der Waals surface area contributed by atoms with Gasteiger partial charge >= 0.3 is 6.09 Å². The van der Waals surface area contributed by atoms with Crippen LogP contribution in [0.3, 0.4) is 0 Å². The minimum atomic E-state index is -0.376. The van der Waals surface area contributed by atoms with Gasteiger partial charge in [-0.25, -0.2) is 4.79 Å². The predicted molar refractivity (Wildman–Crippen MR) is 74.1 cm³/mol. The van der Waals surface area contributed by atoms with Gasteiger partial charge in [0.25, 0.3) is 0 Å². The van der Waals surface area contributed by atoms with E-state index in [1.807, 2.05) is 24.3 Å². The van der Waals surface area contributed by atoms with Crippen LogP contribution >= 0.6 is 0 Å². The lowest BCUT2D eigenvalue weighted by atomic mass is 10.2. The van der Waals surface area contributed by atoms with Gasteiger partial charge in [0.15, 0.2) is 0 Å². The zero-order valence-electron chi connectivity index (χ0n) is 10.8. The highest BCUT2D eigenvalue weighted by molar-refractivity contribution is 5.89. The Morgan fingerprint density at radius 2 is 2.10 bits per heavy atom. The van der Waals surface area contributed by atoms with Crippen LogP contribution in [0.15, 0.2) is 42.9 Å². The van der Waals surface area contributed by atoms with E-state index < -0.39 is 0 Å². The second-order valence-electron chi connectivity index (χ2n) is 4.49. The number of hydrogen-bond acceptors (Lipinski definition) is 5. The third-order valence-electron chi connectivity index (χ3n) is 3.17. The molecule has 6 heteroatoms. The second kappa shape index (κ2) is 5.26. The number of nitrogens with zero attached hydrogens (tertiary/aromatic N) is 3. The molecule has 1 saturated heterocycles. The number of ether oxygens (including phenoxy) is 1. The Morgan fingerprint density at radius 3 is 2.70 bits per heavy atom. The first-order chi connectivity index (χ1) is 9.78. The van der Waals surface area contributed by atoms with E-state index in [9.17, 15) is 4.79 Å². The molecule has 0 aliphatic carbocycles. The molecule has 102 valence electrons. The van der Waals surface area contributed by atoms with Crippen LogP contribution in [0.25, 0.3) is 11.3 Å². The Balaban J connectivity index is 1.82. The van der Waals surface area contributed by atoms with Crippen LogP contribution in [0, 0.1) is 0 Å². The lowest BCUT2D eigenvalue weighted by molar-refractivity contribution is 0.145. The molecule has 0 unspecified atom stereocenters. The topological polar surface area (TPSA) is 81.3 Å². The highest BCUT2D eigenvalue weighted by Crippen LogP contribution is 2.23. The first-order valence-electron chi connectivity index (χ1n) is 6.32. The van der Waals surface area contributed by atoms with E-state index in [2.05, 4.69) is 9.97 Å². The fourth-order valence-corrected chi connectivity index (χ4v) is 2.09. The van der Waals surface area contributed by atoms with E-state index in [4.69, 9.17) is 10.5 Å². The number of amides is 1. The zero-order chi connectivity index (χ0) is 13.9. The molecule has 0 spiro atoms. The number of carbonyl (C=O) groups is 1. The van der Waals surface area contributed by atoms with Gasteiger partial charge in [-0.2, -0.15) is 0 Å². The molecule has 2 N–H and O–H groups in total. The first-order valence-corrected chi connectivity index (χ1v) is 6.32. The summed E-state index contributed by atoms with van der Waals surface area (Å²) in [7, 11) is 0. The summed E-state index contributed by atoms with van der Waals surface area (Å²) < 4.78 is 5.12. The van der Waals surface area contributed by atoms with Gasteiger partial charge in [-0.3, -0.25) is 14.9 Å². The molecule has 1 amide bonds. The molecular weight excluding hydrogens is 256 g/mol. The molecule has 1 atom stereocenters. The van der Waals surface area contributed by atoms with Gasteiger partial charge in [-0.1, -0.05) is 0 Å². The number of cyclic esters (lactones) is 1. The molecular formula is C14H14N4O2. The van der Waals surface area contributed by atoms with Crippen LogP contribution in [-0.2, 0) is 4.74 Å². The number of aromatic nitrogens is 2. The van der Waals surface area contributed by atoms with Crippen molar-refractivity contribution in [3.8, 4) is 11.3 Å². The summed E-state index contributed by atoms with van der Waals surface area (Å²) in [6.45, 7) is 0.788. The van der Waals surface area contributed by atoms with Gasteiger partial charge in [0.05, 0.1) is 24.1 Å². The van der Waals surface area contributed by atoms with Crippen molar-refractivity contribution in [2.24, 2.45) is 5.73 Å². The molecule has 0 saturated carbocycles. The van der Waals surface area contributed by atoms with Gasteiger partial charge in [0, 0.05) is 24.5 Å². The van der Waals surface area contributed by atoms with E-state index >= 15 is 0 Å². The Kier molecular flexibility index (Phi) is 3.30. The highest BCUT2D eigenvalue weighted by atomic mass is 16.6. The number of carbonyl (C=O) groups excluding carboxylic acids is 1. The van der Waals surface area contributed by atoms with Crippen molar-refractivity contribution in [3.05, 3.63) is 42.9 Å². The second-order valence-corrected chi connectivity index (χ2v) is 4.49. The molecule has 3 rings (SSSR count). The third kappa shape index (κ3) is 2.33. The summed E-state index contributed by atoms with van der Waals surface area (Å²) in [5.41, 5.74) is 8.04. The maximum absolute atomic E-state index is 11.7. The molecule has 2 aromatic rings. The fourth-order valence-electron chi connectivity index (χ4n) is 2.09. The third-order valence-corrected chi connectivity index (χ3v) is 3.17. The molecule has 0 radical (unpaired) electrons. The van der Waals surface area contributed by atoms with Crippen molar-refractivity contribution in [3.63, 3.8) is 0 Å². The molecule has 1 aliphatic heterocycles. The summed E-state index contributed by atoms with van der Waals surface area (Å²) in [4.78, 5) is 21.6. The summed E-state index contributed by atoms with van der Waals surface area (Å²) in [5, 5.41) is 0. The zero-order valence-corrected chi connectivity index (χ0v) is 10.8. The minimum absolute atomic E-state index is 0.248. The molecule has 2 aromatic heterocycles. The minimum Gasteiger partial charge on any atom is -0.443 e. The van der Waals surface area contributed by atoms with Gasteiger partial charge in [-0.15, -0.1) is 0 Å². The number of rotatable bonds is 3. The van der Waals surface area contributed by atoms with Gasteiger partial charge < -0.3 is 10.5 Å². The van der Waals surface area contributed by atoms with Gasteiger partial charge in [0.2, 0.25) is 0 Å². The molecule has 20 heavy (non-hydrogen) atoms. The van der Waals surface area contributed by atoms with Crippen LogP contribution in [0.2, 0.25) is 0 Å². The number of pyridine rings is 2. The monoisotopic (exact) mass is 270 g/mol. The number of hydrogen-bond donors (Lipinski definition) is 1. The average molecular weight is 270 g/mol. The Morgan fingerprint density at radius 1 is 1.30 bits per heavy atom. The number of anilines is 1. The Bertz CT molecular complexity index is 600. The van der Waals surface area contributed by atoms with E-state index in [-0.39, 0.29) is 12.2 Å². The average Bonchev–Trinajstić information content (AvgIpc) is 2.89. The van der Waals surface area contributed by atoms with Crippen molar-refractivity contribution in [2.45, 2.75) is 6.10 Å². The van der Waals surface area contributed by atoms with Crippen molar-refractivity contribution in [1.29, 1.82) is 0 Å². The van der Waals surface area contributed by atoms with Crippen molar-refractivity contribution < 1.29 is 9.53 Å². The number of nitrogens with two attached hydrogens (primary N) is 1. The molecule has 0 aromatic carbocycles. The SMILES string of the molecule is NC[C@H]1CN(c2ccc(-c3ccncc3)nc2)C(=O)O1. The summed E-state index contributed by atoms with van der Waals surface area (Å²) >= 11 is 0. The van der Waals surface area contributed by atoms with Gasteiger partial charge in [0.1, 0.15) is 6.10 Å². The summed E-state index contributed by atoms with van der Waals surface area (Å²) in [5.74, 6) is 0. The van der Waals surface area contributed by atoms with Crippen LogP contribution in [0.5, 0.6) is 0 Å². The van der Waals surface area contributed by atoms with E-state index in [0.29, 0.717) is 18.8 Å². The van der Waals surface area contributed by atoms with E-state index in [0.717, 1.165) is 11.3 Å². The standard InChI is InChI=1S/C14H14N4O2/c15-7-12-9-18(14(19)20-12)11-1-2-13(17-8-11)10-3-5-16-6-4-10/h1-6,8,12H,7,9,15H2/t12-/m0/s1. The van der Waals surface area contributed by atoms with Crippen LogP contribution < -0.4 is 10.6 Å². The highest BCUT2D eigenvalue weighted by Gasteiger charge is 2.31. The van der Waals surface area contributed by atoms with Crippen LogP contribution in [-0.4, -0.2) is 35.3 Å². The summed E-state index contributed by atoms with van der Waals surface area (Å²) in [6.07, 6.45) is 4.47.